The van der Waals surface area contributed by atoms with E-state index < -0.39 is 0 Å². The van der Waals surface area contributed by atoms with Crippen LogP contribution in [0.1, 0.15) is 27.2 Å². The summed E-state index contributed by atoms with van der Waals surface area (Å²) < 4.78 is 0. The van der Waals surface area contributed by atoms with Gasteiger partial charge < -0.3 is 16.4 Å². The number of thiazole rings is 1. The normalized spacial score (nSPS) is 10.4. The van der Waals surface area contributed by atoms with Crippen molar-refractivity contribution in [1.29, 1.82) is 0 Å². The number of hydrogen-bond donors (Lipinski definition) is 4. The molecule has 0 saturated heterocycles. The van der Waals surface area contributed by atoms with Crippen molar-refractivity contribution in [3.05, 3.63) is 70.2 Å². The predicted molar refractivity (Wildman–Crippen MR) is 117 cm³/mol. The van der Waals surface area contributed by atoms with Crippen LogP contribution in [-0.4, -0.2) is 23.3 Å². The van der Waals surface area contributed by atoms with Crippen LogP contribution in [0, 0.1) is 13.8 Å². The van der Waals surface area contributed by atoms with Crippen molar-refractivity contribution >= 4 is 39.7 Å². The number of nitrogens with two attached hydrogens (primary N) is 1. The first-order chi connectivity index (χ1) is 14.0. The van der Waals surface area contributed by atoms with E-state index in [9.17, 15) is 9.59 Å². The predicted octanol–water partition coefficient (Wildman–Crippen LogP) is 3.52. The second-order valence-electron chi connectivity index (χ2n) is 6.55. The molecule has 3 aromatic rings. The summed E-state index contributed by atoms with van der Waals surface area (Å²) in [5.74, 6) is -0.710. The van der Waals surface area contributed by atoms with E-state index in [4.69, 9.17) is 5.73 Å². The van der Waals surface area contributed by atoms with Crippen molar-refractivity contribution in [2.45, 2.75) is 20.4 Å². The molecular formula is C21H23N5O2S. The molecule has 0 aliphatic rings. The Hall–Kier alpha value is -3.23. The van der Waals surface area contributed by atoms with Gasteiger partial charge in [0.1, 0.15) is 0 Å². The van der Waals surface area contributed by atoms with Crippen molar-refractivity contribution < 1.29 is 9.59 Å². The highest BCUT2D eigenvalue weighted by atomic mass is 32.1. The van der Waals surface area contributed by atoms with E-state index >= 15 is 0 Å². The fourth-order valence-corrected chi connectivity index (χ4v) is 3.43. The molecule has 0 aliphatic heterocycles. The van der Waals surface area contributed by atoms with Gasteiger partial charge in [-0.25, -0.2) is 4.98 Å². The summed E-state index contributed by atoms with van der Waals surface area (Å²) in [5.41, 5.74) is 10.1. The largest absolute Gasteiger partial charge is 0.381 e. The lowest BCUT2D eigenvalue weighted by Gasteiger charge is -2.14. The minimum absolute atomic E-state index is 0.168. The van der Waals surface area contributed by atoms with Crippen molar-refractivity contribution in [2.24, 2.45) is 5.73 Å². The molecular weight excluding hydrogens is 386 g/mol. The number of benzene rings is 2. The Bertz CT molecular complexity index is 1030. The minimum atomic E-state index is -0.367. The molecule has 2 amide bonds. The van der Waals surface area contributed by atoms with Gasteiger partial charge >= 0.3 is 0 Å². The Morgan fingerprint density at radius 3 is 2.55 bits per heavy atom. The van der Waals surface area contributed by atoms with Crippen LogP contribution in [0.15, 0.2) is 47.8 Å². The third-order valence-electron chi connectivity index (χ3n) is 4.26. The lowest BCUT2D eigenvalue weighted by molar-refractivity contribution is -0.114. The highest BCUT2D eigenvalue weighted by Gasteiger charge is 2.15. The molecule has 1 heterocycles. The van der Waals surface area contributed by atoms with Gasteiger partial charge in [0.15, 0.2) is 5.13 Å². The van der Waals surface area contributed by atoms with Crippen LogP contribution >= 0.6 is 11.3 Å². The fourth-order valence-electron chi connectivity index (χ4n) is 2.75. The first kappa shape index (κ1) is 20.5. The average Bonchev–Trinajstić information content (AvgIpc) is 3.11. The lowest BCUT2D eigenvalue weighted by atomic mass is 10.1. The molecule has 150 valence electrons. The monoisotopic (exact) mass is 409 g/mol. The van der Waals surface area contributed by atoms with E-state index in [0.29, 0.717) is 22.9 Å². The quantitative estimate of drug-likeness (QED) is 0.477. The van der Waals surface area contributed by atoms with Gasteiger partial charge in [0, 0.05) is 17.6 Å². The van der Waals surface area contributed by atoms with Crippen molar-refractivity contribution in [3.63, 3.8) is 0 Å². The fraction of sp³-hybridized carbons (Fsp3) is 0.190. The average molecular weight is 410 g/mol. The van der Waals surface area contributed by atoms with Gasteiger partial charge in [-0.05, 0) is 43.2 Å². The maximum Gasteiger partial charge on any atom is 0.259 e. The summed E-state index contributed by atoms with van der Waals surface area (Å²) in [4.78, 5) is 28.8. The standard InChI is InChI=1S/C21H23N5O2S/c1-13-5-3-4-6-17(13)23-11-15-7-8-16(18(9-15)25-19(27)10-22)20(28)26-21-24-14(2)12-29-21/h3-9,12,23H,10-11,22H2,1-2H3,(H,25,27)(H,24,26,28). The van der Waals surface area contributed by atoms with Crippen LogP contribution in [0.5, 0.6) is 0 Å². The number of carbonyl (C=O) groups is 2. The number of nitrogens with one attached hydrogen (secondary N) is 3. The topological polar surface area (TPSA) is 109 Å². The zero-order chi connectivity index (χ0) is 20.8. The number of nitrogens with zero attached hydrogens (tertiary/aromatic N) is 1. The summed E-state index contributed by atoms with van der Waals surface area (Å²) in [6.45, 7) is 4.26. The zero-order valence-electron chi connectivity index (χ0n) is 16.3. The summed E-state index contributed by atoms with van der Waals surface area (Å²) >= 11 is 1.35. The molecule has 0 atom stereocenters. The van der Waals surface area contributed by atoms with E-state index in [1.54, 1.807) is 12.1 Å². The molecule has 0 radical (unpaired) electrons. The number of amides is 2. The van der Waals surface area contributed by atoms with Gasteiger partial charge in [-0.15, -0.1) is 11.3 Å². The van der Waals surface area contributed by atoms with Crippen LogP contribution in [0.3, 0.4) is 0 Å². The molecule has 0 unspecified atom stereocenters. The first-order valence-corrected chi connectivity index (χ1v) is 10.00. The Labute approximate surface area is 173 Å². The first-order valence-electron chi connectivity index (χ1n) is 9.12. The molecule has 0 spiro atoms. The van der Waals surface area contributed by atoms with Gasteiger partial charge in [0.25, 0.3) is 5.91 Å². The van der Waals surface area contributed by atoms with Gasteiger partial charge in [-0.2, -0.15) is 0 Å². The van der Waals surface area contributed by atoms with E-state index in [1.807, 2.05) is 49.6 Å². The number of rotatable bonds is 7. The Morgan fingerprint density at radius 2 is 1.86 bits per heavy atom. The van der Waals surface area contributed by atoms with Gasteiger partial charge in [-0.3, -0.25) is 14.9 Å². The molecule has 1 aromatic heterocycles. The summed E-state index contributed by atoms with van der Waals surface area (Å²) in [5, 5.41) is 11.2. The van der Waals surface area contributed by atoms with Gasteiger partial charge in [0.05, 0.1) is 23.5 Å². The third-order valence-corrected chi connectivity index (χ3v) is 5.13. The van der Waals surface area contributed by atoms with Crippen molar-refractivity contribution in [2.75, 3.05) is 22.5 Å². The molecule has 5 N–H and O–H groups in total. The Morgan fingerprint density at radius 1 is 1.07 bits per heavy atom. The van der Waals surface area contributed by atoms with Gasteiger partial charge in [0.2, 0.25) is 5.91 Å². The minimum Gasteiger partial charge on any atom is -0.381 e. The SMILES string of the molecule is Cc1csc(NC(=O)c2ccc(CNc3ccccc3C)cc2NC(=O)CN)n1. The molecule has 0 bridgehead atoms. The van der Waals surface area contributed by atoms with Crippen LogP contribution < -0.4 is 21.7 Å². The molecule has 29 heavy (non-hydrogen) atoms. The maximum atomic E-state index is 12.7. The van der Waals surface area contributed by atoms with Crippen molar-refractivity contribution in [3.8, 4) is 0 Å². The molecule has 3 rings (SSSR count). The number of carbonyl (C=O) groups excluding carboxylic acids is 2. The molecule has 8 heteroatoms. The lowest BCUT2D eigenvalue weighted by Crippen LogP contribution is -2.24. The second-order valence-corrected chi connectivity index (χ2v) is 7.41. The Balaban J connectivity index is 1.81. The number of aryl methyl sites for hydroxylation is 2. The summed E-state index contributed by atoms with van der Waals surface area (Å²) in [6.07, 6.45) is 0. The van der Waals surface area contributed by atoms with Crippen LogP contribution in [0.25, 0.3) is 0 Å². The van der Waals surface area contributed by atoms with E-state index in [-0.39, 0.29) is 18.4 Å². The third kappa shape index (κ3) is 5.40. The molecule has 7 nitrogen and oxygen atoms in total. The molecule has 0 fully saturated rings. The highest BCUT2D eigenvalue weighted by molar-refractivity contribution is 7.13. The number of para-hydroxylation sites is 1. The number of hydrogen-bond acceptors (Lipinski definition) is 6. The van der Waals surface area contributed by atoms with Crippen LogP contribution in [0.2, 0.25) is 0 Å². The van der Waals surface area contributed by atoms with Crippen LogP contribution in [-0.2, 0) is 11.3 Å². The smallest absolute Gasteiger partial charge is 0.259 e. The van der Waals surface area contributed by atoms with E-state index in [0.717, 1.165) is 22.5 Å². The number of aromatic nitrogens is 1. The van der Waals surface area contributed by atoms with E-state index in [1.165, 1.54) is 11.3 Å². The molecule has 0 aliphatic carbocycles. The highest BCUT2D eigenvalue weighted by Crippen LogP contribution is 2.22. The maximum absolute atomic E-state index is 12.7. The zero-order valence-corrected chi connectivity index (χ0v) is 17.1. The van der Waals surface area contributed by atoms with Gasteiger partial charge in [-0.1, -0.05) is 24.3 Å². The molecule has 0 saturated carbocycles. The number of anilines is 3. The van der Waals surface area contributed by atoms with Crippen LogP contribution in [0.4, 0.5) is 16.5 Å². The Kier molecular flexibility index (Phi) is 6.58. The molecule has 2 aromatic carbocycles. The van der Waals surface area contributed by atoms with E-state index in [2.05, 4.69) is 20.9 Å². The van der Waals surface area contributed by atoms with Crippen molar-refractivity contribution in [1.82, 2.24) is 4.98 Å². The summed E-state index contributed by atoms with van der Waals surface area (Å²) in [6, 6.07) is 13.3. The summed E-state index contributed by atoms with van der Waals surface area (Å²) in [7, 11) is 0. The second kappa shape index (κ2) is 9.31.